The molecule has 0 saturated heterocycles. The number of hydrogen-bond donors (Lipinski definition) is 0. The van der Waals surface area contributed by atoms with Crippen molar-refractivity contribution < 1.29 is 0 Å². The minimum atomic E-state index is 0.256. The van der Waals surface area contributed by atoms with Crippen molar-refractivity contribution in [1.29, 1.82) is 0 Å². The van der Waals surface area contributed by atoms with Crippen molar-refractivity contribution in [3.8, 4) is 0 Å². The summed E-state index contributed by atoms with van der Waals surface area (Å²) >= 11 is 7.89. The first-order valence-corrected chi connectivity index (χ1v) is 4.59. The summed E-state index contributed by atoms with van der Waals surface area (Å²) in [6.07, 6.45) is 5.67. The lowest BCUT2D eigenvalue weighted by Crippen LogP contribution is -2.11. The minimum absolute atomic E-state index is 0.256. The molecule has 11 heavy (non-hydrogen) atoms. The van der Waals surface area contributed by atoms with Crippen LogP contribution in [0.25, 0.3) is 0 Å². The van der Waals surface area contributed by atoms with Crippen molar-refractivity contribution in [2.75, 3.05) is 0 Å². The maximum absolute atomic E-state index is 5.71. The number of allylic oxidation sites excluding steroid dienone is 2. The third-order valence-electron chi connectivity index (χ3n) is 1.53. The lowest BCUT2D eigenvalue weighted by Gasteiger charge is -2.05. The zero-order valence-electron chi connectivity index (χ0n) is 5.46. The van der Waals surface area contributed by atoms with Gasteiger partial charge in [-0.15, -0.1) is 0 Å². The number of halogens is 2. The van der Waals surface area contributed by atoms with Gasteiger partial charge in [0, 0.05) is 5.92 Å². The van der Waals surface area contributed by atoms with Gasteiger partial charge in [0.15, 0.2) is 0 Å². The average molecular weight is 278 g/mol. The van der Waals surface area contributed by atoms with E-state index < -0.39 is 0 Å². The third kappa shape index (κ3) is 1.39. The molecule has 0 bridgehead atoms. The van der Waals surface area contributed by atoms with Crippen molar-refractivity contribution in [2.24, 2.45) is 15.9 Å². The molecule has 2 heterocycles. The molecule has 0 spiro atoms. The monoisotopic (exact) mass is 278 g/mol. The molecule has 1 atom stereocenters. The van der Waals surface area contributed by atoms with Crippen LogP contribution in [0.2, 0.25) is 0 Å². The normalized spacial score (nSPS) is 27.5. The molecule has 0 radical (unpaired) electrons. The first kappa shape index (κ1) is 7.49. The Morgan fingerprint density at radius 1 is 1.45 bits per heavy atom. The van der Waals surface area contributed by atoms with Gasteiger partial charge in [0.05, 0.1) is 15.6 Å². The Balaban J connectivity index is 2.39. The highest BCUT2D eigenvalue weighted by atomic mass is 127. The van der Waals surface area contributed by atoms with Gasteiger partial charge < -0.3 is 0 Å². The van der Waals surface area contributed by atoms with Crippen LogP contribution in [-0.2, 0) is 0 Å². The van der Waals surface area contributed by atoms with Crippen LogP contribution in [0, 0.1) is 5.92 Å². The summed E-state index contributed by atoms with van der Waals surface area (Å²) in [6.45, 7) is 0. The zero-order valence-corrected chi connectivity index (χ0v) is 8.37. The quantitative estimate of drug-likeness (QED) is 0.480. The fourth-order valence-corrected chi connectivity index (χ4v) is 1.89. The Labute approximate surface area is 82.9 Å². The van der Waals surface area contributed by atoms with E-state index in [0.29, 0.717) is 5.16 Å². The highest BCUT2D eigenvalue weighted by Crippen LogP contribution is 2.26. The van der Waals surface area contributed by atoms with E-state index in [1.807, 2.05) is 6.08 Å². The summed E-state index contributed by atoms with van der Waals surface area (Å²) in [7, 11) is 0. The fourth-order valence-electron chi connectivity index (χ4n) is 1.04. The van der Waals surface area contributed by atoms with Gasteiger partial charge in [-0.05, 0) is 34.7 Å². The molecule has 0 aromatic rings. The van der Waals surface area contributed by atoms with Gasteiger partial charge in [-0.25, -0.2) is 9.98 Å². The Morgan fingerprint density at radius 3 is 3.09 bits per heavy atom. The van der Waals surface area contributed by atoms with Gasteiger partial charge in [-0.1, -0.05) is 11.6 Å². The minimum Gasteiger partial charge on any atom is -0.245 e. The maximum atomic E-state index is 5.71. The van der Waals surface area contributed by atoms with Crippen LogP contribution in [0.4, 0.5) is 0 Å². The number of fused-ring (bicyclic) bond motifs is 1. The number of hydrogen-bond acceptors (Lipinski definition) is 2. The second-order valence-electron chi connectivity index (χ2n) is 2.30. The fraction of sp³-hybridized carbons (Fsp3) is 0.143. The molecule has 0 aromatic heterocycles. The molecule has 0 aromatic carbocycles. The van der Waals surface area contributed by atoms with E-state index in [2.05, 4.69) is 38.7 Å². The molecule has 0 fully saturated rings. The van der Waals surface area contributed by atoms with Crippen LogP contribution in [0.5, 0.6) is 0 Å². The lowest BCUT2D eigenvalue weighted by atomic mass is 10.0. The second kappa shape index (κ2) is 2.71. The van der Waals surface area contributed by atoms with Crippen LogP contribution in [0.15, 0.2) is 31.0 Å². The van der Waals surface area contributed by atoms with Crippen LogP contribution >= 0.6 is 34.2 Å². The van der Waals surface area contributed by atoms with Gasteiger partial charge in [0.2, 0.25) is 0 Å². The molecular weight excluding hydrogens is 274 g/mol. The van der Waals surface area contributed by atoms with Crippen molar-refractivity contribution >= 4 is 46.1 Å². The topological polar surface area (TPSA) is 24.7 Å². The predicted octanol–water partition coefficient (Wildman–Crippen LogP) is 2.50. The van der Waals surface area contributed by atoms with Gasteiger partial charge in [0.25, 0.3) is 0 Å². The summed E-state index contributed by atoms with van der Waals surface area (Å²) in [5, 5.41) is 0.552. The largest absolute Gasteiger partial charge is 0.245 e. The molecule has 56 valence electrons. The molecule has 0 saturated carbocycles. The smallest absolute Gasteiger partial charge is 0.126 e. The van der Waals surface area contributed by atoms with Gasteiger partial charge in [0.1, 0.15) is 5.16 Å². The summed E-state index contributed by atoms with van der Waals surface area (Å²) in [4.78, 5) is 8.20. The van der Waals surface area contributed by atoms with E-state index in [0.717, 1.165) is 9.42 Å². The Kier molecular flexibility index (Phi) is 1.85. The highest BCUT2D eigenvalue weighted by molar-refractivity contribution is 14.1. The Hall–Kier alpha value is -0.160. The van der Waals surface area contributed by atoms with E-state index in [4.69, 9.17) is 11.6 Å². The molecule has 2 aliphatic heterocycles. The third-order valence-corrected chi connectivity index (χ3v) is 2.36. The molecular formula is C7H4ClIN2. The molecule has 0 aliphatic carbocycles. The number of nitrogens with zero attached hydrogens (tertiary/aromatic N) is 2. The maximum Gasteiger partial charge on any atom is 0.126 e. The van der Waals surface area contributed by atoms with Crippen molar-refractivity contribution in [1.82, 2.24) is 0 Å². The van der Waals surface area contributed by atoms with E-state index >= 15 is 0 Å². The predicted molar refractivity (Wildman–Crippen MR) is 55.5 cm³/mol. The van der Waals surface area contributed by atoms with Crippen LogP contribution in [-0.4, -0.2) is 11.9 Å². The highest BCUT2D eigenvalue weighted by Gasteiger charge is 2.19. The first-order chi connectivity index (χ1) is 5.25. The number of rotatable bonds is 0. The van der Waals surface area contributed by atoms with Crippen LogP contribution in [0.1, 0.15) is 0 Å². The zero-order chi connectivity index (χ0) is 7.84. The molecule has 2 rings (SSSR count). The summed E-state index contributed by atoms with van der Waals surface area (Å²) in [5.74, 6) is 0.256. The van der Waals surface area contributed by atoms with Gasteiger partial charge in [-0.2, -0.15) is 0 Å². The Bertz CT molecular complexity index is 314. The van der Waals surface area contributed by atoms with Crippen molar-refractivity contribution in [3.05, 3.63) is 21.0 Å². The molecule has 0 N–H and O–H groups in total. The second-order valence-corrected chi connectivity index (χ2v) is 3.79. The summed E-state index contributed by atoms with van der Waals surface area (Å²) in [6, 6.07) is 0. The Morgan fingerprint density at radius 2 is 2.27 bits per heavy atom. The van der Waals surface area contributed by atoms with E-state index in [1.54, 1.807) is 6.21 Å². The van der Waals surface area contributed by atoms with Crippen molar-refractivity contribution in [3.63, 3.8) is 0 Å². The standard InChI is InChI=1S/C7H4ClIN2/c8-6-1-4-2-7(9)11-5(4)3-10-6/h1-4H/t4-/m0/s1. The molecule has 2 aliphatic rings. The van der Waals surface area contributed by atoms with Gasteiger partial charge >= 0.3 is 0 Å². The van der Waals surface area contributed by atoms with Crippen molar-refractivity contribution in [2.45, 2.75) is 0 Å². The summed E-state index contributed by atoms with van der Waals surface area (Å²) in [5.41, 5.74) is 0.985. The van der Waals surface area contributed by atoms with E-state index in [1.165, 1.54) is 0 Å². The summed E-state index contributed by atoms with van der Waals surface area (Å²) < 4.78 is 1.01. The first-order valence-electron chi connectivity index (χ1n) is 3.13. The van der Waals surface area contributed by atoms with Crippen LogP contribution in [0.3, 0.4) is 0 Å². The molecule has 4 heteroatoms. The molecule has 0 unspecified atom stereocenters. The van der Waals surface area contributed by atoms with E-state index in [-0.39, 0.29) is 5.92 Å². The number of aliphatic imine (C=N–C) groups is 2. The van der Waals surface area contributed by atoms with Gasteiger partial charge in [-0.3, -0.25) is 0 Å². The van der Waals surface area contributed by atoms with Crippen LogP contribution < -0.4 is 0 Å². The molecule has 2 nitrogen and oxygen atoms in total. The average Bonchev–Trinajstić information content (AvgIpc) is 2.27. The molecule has 0 amide bonds. The lowest BCUT2D eigenvalue weighted by molar-refractivity contribution is 1.15. The SMILES string of the molecule is ClC1=C[C@H]2C=C(I)N=C2C=N1. The van der Waals surface area contributed by atoms with E-state index in [9.17, 15) is 0 Å².